The molecule has 1 amide bonds. The van der Waals surface area contributed by atoms with Gasteiger partial charge in [0.15, 0.2) is 0 Å². The summed E-state index contributed by atoms with van der Waals surface area (Å²) in [6.07, 6.45) is 0. The lowest BCUT2D eigenvalue weighted by Gasteiger charge is -2.05. The molecule has 1 aromatic carbocycles. The average Bonchev–Trinajstić information content (AvgIpc) is 2.89. The molecule has 0 unspecified atom stereocenters. The molecule has 3 rings (SSSR count). The van der Waals surface area contributed by atoms with Crippen LogP contribution in [0, 0.1) is 5.95 Å². The second-order valence-corrected chi connectivity index (χ2v) is 5.61. The Labute approximate surface area is 136 Å². The topological polar surface area (TPSA) is 83.8 Å². The van der Waals surface area contributed by atoms with E-state index in [1.54, 1.807) is 18.2 Å². The number of aromatic amines is 1. The first kappa shape index (κ1) is 15.3. The van der Waals surface area contributed by atoms with Crippen molar-refractivity contribution in [2.75, 3.05) is 5.73 Å². The number of aromatic nitrogens is 2. The molecule has 23 heavy (non-hydrogen) atoms. The van der Waals surface area contributed by atoms with E-state index in [1.165, 1.54) is 13.0 Å². The number of H-pyrrole nitrogens is 1. The summed E-state index contributed by atoms with van der Waals surface area (Å²) in [5, 5.41) is 4.07. The molecule has 0 saturated carbocycles. The van der Waals surface area contributed by atoms with Gasteiger partial charge in [0, 0.05) is 29.1 Å². The molecule has 4 N–H and O–H groups in total. The van der Waals surface area contributed by atoms with Crippen LogP contribution in [0.2, 0.25) is 5.02 Å². The number of nitrogens with zero attached hydrogens (tertiary/aromatic N) is 1. The quantitative estimate of drug-likeness (QED) is 0.644. The highest BCUT2D eigenvalue weighted by molar-refractivity contribution is 6.34. The van der Waals surface area contributed by atoms with Crippen molar-refractivity contribution < 1.29 is 9.18 Å². The number of benzene rings is 1. The highest BCUT2D eigenvalue weighted by Gasteiger charge is 2.11. The predicted molar refractivity (Wildman–Crippen MR) is 88.4 cm³/mol. The summed E-state index contributed by atoms with van der Waals surface area (Å²) in [6.45, 7) is 1.85. The van der Waals surface area contributed by atoms with Gasteiger partial charge in [-0.25, -0.2) is 4.98 Å². The van der Waals surface area contributed by atoms with Gasteiger partial charge in [0.2, 0.25) is 11.9 Å². The predicted octanol–water partition coefficient (Wildman–Crippen LogP) is 3.24. The molecule has 0 bridgehead atoms. The van der Waals surface area contributed by atoms with Crippen molar-refractivity contribution in [1.82, 2.24) is 15.3 Å². The Bertz CT molecular complexity index is 906. The normalized spacial score (nSPS) is 10.9. The molecule has 0 saturated heterocycles. The highest BCUT2D eigenvalue weighted by Crippen LogP contribution is 2.32. The van der Waals surface area contributed by atoms with Crippen LogP contribution in [0.1, 0.15) is 12.6 Å². The van der Waals surface area contributed by atoms with E-state index in [0.29, 0.717) is 22.8 Å². The number of carbonyl (C=O) groups excluding carboxylic acids is 1. The first-order valence-electron chi connectivity index (χ1n) is 6.92. The fourth-order valence-electron chi connectivity index (χ4n) is 2.32. The van der Waals surface area contributed by atoms with Crippen LogP contribution in [0.15, 0.2) is 30.3 Å². The van der Waals surface area contributed by atoms with Gasteiger partial charge >= 0.3 is 0 Å². The summed E-state index contributed by atoms with van der Waals surface area (Å²) in [4.78, 5) is 18.0. The summed E-state index contributed by atoms with van der Waals surface area (Å²) < 4.78 is 13.6. The Morgan fingerprint density at radius 3 is 2.87 bits per heavy atom. The summed E-state index contributed by atoms with van der Waals surface area (Å²) in [6, 6.07) is 8.54. The minimum Gasteiger partial charge on any atom is -0.395 e. The Balaban J connectivity index is 2.02. The van der Waals surface area contributed by atoms with Gasteiger partial charge in [-0.3, -0.25) is 4.79 Å². The standard InChI is InChI=1S/C16H14ClFN4O/c1-8(23)20-7-10-4-9-5-12(17)11(6-15(9)21-10)14-3-2-13(19)16(18)22-14/h2-6,21H,7,19H2,1H3,(H,20,23). The van der Waals surface area contributed by atoms with Crippen molar-refractivity contribution in [3.05, 3.63) is 47.0 Å². The molecule has 7 heteroatoms. The van der Waals surface area contributed by atoms with Crippen molar-refractivity contribution in [2.45, 2.75) is 13.5 Å². The number of anilines is 1. The third-order valence-corrected chi connectivity index (χ3v) is 3.76. The number of carbonyl (C=O) groups is 1. The zero-order chi connectivity index (χ0) is 16.6. The van der Waals surface area contributed by atoms with Gasteiger partial charge in [0.05, 0.1) is 22.9 Å². The molecule has 0 atom stereocenters. The van der Waals surface area contributed by atoms with E-state index < -0.39 is 5.95 Å². The molecule has 0 aliphatic carbocycles. The number of hydrogen-bond donors (Lipinski definition) is 3. The second kappa shape index (κ2) is 5.89. The number of halogens is 2. The molecule has 0 radical (unpaired) electrons. The number of rotatable bonds is 3. The first-order valence-corrected chi connectivity index (χ1v) is 7.30. The molecule has 3 aromatic rings. The molecule has 118 valence electrons. The Morgan fingerprint density at radius 2 is 2.17 bits per heavy atom. The summed E-state index contributed by atoms with van der Waals surface area (Å²) in [5.41, 5.74) is 8.11. The molecule has 2 heterocycles. The van der Waals surface area contributed by atoms with Crippen LogP contribution in [0.25, 0.3) is 22.2 Å². The second-order valence-electron chi connectivity index (χ2n) is 5.20. The molecule has 2 aromatic heterocycles. The number of fused-ring (bicyclic) bond motifs is 1. The smallest absolute Gasteiger partial charge is 0.236 e. The van der Waals surface area contributed by atoms with Gasteiger partial charge in [-0.1, -0.05) is 11.6 Å². The zero-order valence-corrected chi connectivity index (χ0v) is 13.0. The number of hydrogen-bond acceptors (Lipinski definition) is 3. The van der Waals surface area contributed by atoms with Crippen LogP contribution in [0.4, 0.5) is 10.1 Å². The van der Waals surface area contributed by atoms with Crippen molar-refractivity contribution in [3.8, 4) is 11.3 Å². The molecule has 0 aliphatic heterocycles. The van der Waals surface area contributed by atoms with Gasteiger partial charge in [-0.05, 0) is 30.3 Å². The Hall–Kier alpha value is -2.60. The lowest BCUT2D eigenvalue weighted by atomic mass is 10.1. The van der Waals surface area contributed by atoms with Crippen LogP contribution in [0.3, 0.4) is 0 Å². The summed E-state index contributed by atoms with van der Waals surface area (Å²) >= 11 is 6.29. The van der Waals surface area contributed by atoms with Crippen LogP contribution >= 0.6 is 11.6 Å². The molecule has 0 fully saturated rings. The van der Waals surface area contributed by atoms with E-state index in [2.05, 4.69) is 15.3 Å². The monoisotopic (exact) mass is 332 g/mol. The van der Waals surface area contributed by atoms with Gasteiger partial charge in [-0.15, -0.1) is 0 Å². The van der Waals surface area contributed by atoms with E-state index in [1.807, 2.05) is 6.07 Å². The third kappa shape index (κ3) is 3.12. The van der Waals surface area contributed by atoms with E-state index >= 15 is 0 Å². The van der Waals surface area contributed by atoms with Crippen molar-refractivity contribution in [3.63, 3.8) is 0 Å². The first-order chi connectivity index (χ1) is 10.9. The molecular weight excluding hydrogens is 319 g/mol. The van der Waals surface area contributed by atoms with Crippen LogP contribution in [-0.2, 0) is 11.3 Å². The van der Waals surface area contributed by atoms with Gasteiger partial charge in [0.25, 0.3) is 0 Å². The van der Waals surface area contributed by atoms with E-state index in [4.69, 9.17) is 17.3 Å². The number of amides is 1. The van der Waals surface area contributed by atoms with E-state index in [-0.39, 0.29) is 11.6 Å². The fourth-order valence-corrected chi connectivity index (χ4v) is 2.59. The minimum atomic E-state index is -0.725. The average molecular weight is 333 g/mol. The number of nitrogens with one attached hydrogen (secondary N) is 2. The van der Waals surface area contributed by atoms with Crippen LogP contribution in [-0.4, -0.2) is 15.9 Å². The fraction of sp³-hybridized carbons (Fsp3) is 0.125. The largest absolute Gasteiger partial charge is 0.395 e. The molecule has 0 aliphatic rings. The zero-order valence-electron chi connectivity index (χ0n) is 12.3. The van der Waals surface area contributed by atoms with Crippen molar-refractivity contribution in [2.24, 2.45) is 0 Å². The maximum absolute atomic E-state index is 13.6. The van der Waals surface area contributed by atoms with Crippen molar-refractivity contribution >= 4 is 34.1 Å². The summed E-state index contributed by atoms with van der Waals surface area (Å²) in [5.74, 6) is -0.833. The SMILES string of the molecule is CC(=O)NCc1cc2cc(Cl)c(-c3ccc(N)c(F)n3)cc2[nH]1. The maximum atomic E-state index is 13.6. The van der Waals surface area contributed by atoms with E-state index in [9.17, 15) is 9.18 Å². The Kier molecular flexibility index (Phi) is 3.92. The van der Waals surface area contributed by atoms with Gasteiger partial charge in [-0.2, -0.15) is 4.39 Å². The highest BCUT2D eigenvalue weighted by atomic mass is 35.5. The maximum Gasteiger partial charge on any atom is 0.236 e. The van der Waals surface area contributed by atoms with Gasteiger partial charge < -0.3 is 16.0 Å². The third-order valence-electron chi connectivity index (χ3n) is 3.45. The van der Waals surface area contributed by atoms with Crippen molar-refractivity contribution in [1.29, 1.82) is 0 Å². The van der Waals surface area contributed by atoms with Crippen LogP contribution < -0.4 is 11.1 Å². The lowest BCUT2D eigenvalue weighted by molar-refractivity contribution is -0.119. The Morgan fingerprint density at radius 1 is 1.39 bits per heavy atom. The summed E-state index contributed by atoms with van der Waals surface area (Å²) in [7, 11) is 0. The number of pyridine rings is 1. The number of nitrogen functional groups attached to an aromatic ring is 1. The van der Waals surface area contributed by atoms with E-state index in [0.717, 1.165) is 16.6 Å². The molecule has 5 nitrogen and oxygen atoms in total. The molecule has 0 spiro atoms. The van der Waals surface area contributed by atoms with Crippen LogP contribution in [0.5, 0.6) is 0 Å². The lowest BCUT2D eigenvalue weighted by Crippen LogP contribution is -2.18. The number of nitrogens with two attached hydrogens (primary N) is 1. The van der Waals surface area contributed by atoms with Gasteiger partial charge in [0.1, 0.15) is 0 Å². The minimum absolute atomic E-state index is 0.0107. The molecular formula is C16H14ClFN4O.